The molecule has 1 fully saturated rings. The lowest BCUT2D eigenvalue weighted by atomic mass is 9.82. The molecule has 0 aliphatic heterocycles. The van der Waals surface area contributed by atoms with Gasteiger partial charge in [0.2, 0.25) is 11.8 Å². The standard InChI is InChI=1S/C29H31Cl2IN2O7/c1-40-25-11-17(15-36)10-22(32)27(25)41-24-13-19(28(38)33-7-8-35)12-23(26(24)37)34(29(39)18-3-2-4-18)14-16-5-6-20(30)21(31)9-16/h5-6,9-11,13,15,18,23-24,26,35,37H,2-4,7-8,12,14H2,1H3,(H,33,38)/t23-,24+,26+/m1/s1. The molecule has 3 N–H and O–H groups in total. The number of hydrogen-bond acceptors (Lipinski definition) is 7. The van der Waals surface area contributed by atoms with Crippen LogP contribution in [0.4, 0.5) is 0 Å². The molecule has 1 saturated carbocycles. The number of ether oxygens (including phenoxy) is 2. The first-order valence-electron chi connectivity index (χ1n) is 13.2. The van der Waals surface area contributed by atoms with E-state index in [-0.39, 0.29) is 49.4 Å². The van der Waals surface area contributed by atoms with Crippen LogP contribution in [0.3, 0.4) is 0 Å². The van der Waals surface area contributed by atoms with Gasteiger partial charge in [0.05, 0.1) is 33.4 Å². The summed E-state index contributed by atoms with van der Waals surface area (Å²) in [6.45, 7) is -0.0595. The number of rotatable bonds is 11. The molecular weight excluding hydrogens is 686 g/mol. The first-order chi connectivity index (χ1) is 19.7. The summed E-state index contributed by atoms with van der Waals surface area (Å²) < 4.78 is 12.3. The summed E-state index contributed by atoms with van der Waals surface area (Å²) in [7, 11) is 1.44. The fourth-order valence-electron chi connectivity index (χ4n) is 4.92. The maximum absolute atomic E-state index is 13.8. The number of hydrogen-bond donors (Lipinski definition) is 3. The molecule has 2 aliphatic rings. The molecule has 2 aliphatic carbocycles. The third-order valence-corrected chi connectivity index (χ3v) is 8.87. The molecule has 0 spiro atoms. The van der Waals surface area contributed by atoms with Crippen molar-refractivity contribution in [3.63, 3.8) is 0 Å². The summed E-state index contributed by atoms with van der Waals surface area (Å²) in [5, 5.41) is 24.3. The molecule has 2 aromatic carbocycles. The number of nitrogens with zero attached hydrogens (tertiary/aromatic N) is 1. The van der Waals surface area contributed by atoms with Crippen molar-refractivity contribution < 1.29 is 34.1 Å². The van der Waals surface area contributed by atoms with Gasteiger partial charge in [-0.15, -0.1) is 0 Å². The van der Waals surface area contributed by atoms with Crippen molar-refractivity contribution >= 4 is 63.9 Å². The number of methoxy groups -OCH3 is 1. The molecule has 0 heterocycles. The number of halogens is 3. The van der Waals surface area contributed by atoms with Gasteiger partial charge in [-0.25, -0.2) is 0 Å². The Labute approximate surface area is 261 Å². The second kappa shape index (κ2) is 14.2. The number of amides is 2. The maximum Gasteiger partial charge on any atom is 0.247 e. The second-order valence-electron chi connectivity index (χ2n) is 10.0. The topological polar surface area (TPSA) is 125 Å². The van der Waals surface area contributed by atoms with Gasteiger partial charge in [-0.3, -0.25) is 14.4 Å². The van der Waals surface area contributed by atoms with E-state index < -0.39 is 24.2 Å². The van der Waals surface area contributed by atoms with Gasteiger partial charge in [0.1, 0.15) is 18.5 Å². The molecule has 3 atom stereocenters. The minimum Gasteiger partial charge on any atom is -0.493 e. The lowest BCUT2D eigenvalue weighted by molar-refractivity contribution is -0.146. The van der Waals surface area contributed by atoms with E-state index in [1.807, 2.05) is 22.6 Å². The van der Waals surface area contributed by atoms with Gasteiger partial charge in [0.15, 0.2) is 11.5 Å². The van der Waals surface area contributed by atoms with Gasteiger partial charge in [-0.05, 0) is 71.3 Å². The van der Waals surface area contributed by atoms with Gasteiger partial charge >= 0.3 is 0 Å². The van der Waals surface area contributed by atoms with Crippen molar-refractivity contribution in [1.29, 1.82) is 0 Å². The molecule has 0 radical (unpaired) electrons. The fourth-order valence-corrected chi connectivity index (χ4v) is 5.99. The Balaban J connectivity index is 1.73. The predicted molar refractivity (Wildman–Crippen MR) is 162 cm³/mol. The molecule has 2 aromatic rings. The molecule has 4 rings (SSSR count). The van der Waals surface area contributed by atoms with E-state index in [2.05, 4.69) is 5.32 Å². The largest absolute Gasteiger partial charge is 0.493 e. The molecule has 2 amide bonds. The van der Waals surface area contributed by atoms with Crippen LogP contribution in [0.5, 0.6) is 11.5 Å². The second-order valence-corrected chi connectivity index (χ2v) is 12.0. The monoisotopic (exact) mass is 716 g/mol. The van der Waals surface area contributed by atoms with Crippen LogP contribution < -0.4 is 14.8 Å². The molecule has 0 saturated heterocycles. The highest BCUT2D eigenvalue weighted by atomic mass is 127. The number of benzene rings is 2. The van der Waals surface area contributed by atoms with Crippen LogP contribution in [0.2, 0.25) is 10.0 Å². The van der Waals surface area contributed by atoms with Crippen molar-refractivity contribution in [3.05, 3.63) is 66.7 Å². The highest BCUT2D eigenvalue weighted by Crippen LogP contribution is 2.38. The van der Waals surface area contributed by atoms with Gasteiger partial charge in [-0.2, -0.15) is 0 Å². The minimum atomic E-state index is -1.22. The van der Waals surface area contributed by atoms with Crippen LogP contribution in [-0.4, -0.2) is 71.7 Å². The summed E-state index contributed by atoms with van der Waals surface area (Å²) in [6, 6.07) is 7.42. The summed E-state index contributed by atoms with van der Waals surface area (Å²) in [6.07, 6.45) is 2.46. The smallest absolute Gasteiger partial charge is 0.247 e. The highest BCUT2D eigenvalue weighted by molar-refractivity contribution is 14.1. The lowest BCUT2D eigenvalue weighted by Gasteiger charge is -2.43. The van der Waals surface area contributed by atoms with Gasteiger partial charge in [0, 0.05) is 36.6 Å². The van der Waals surface area contributed by atoms with Crippen LogP contribution in [0, 0.1) is 9.49 Å². The number of aldehydes is 1. The van der Waals surface area contributed by atoms with E-state index in [0.29, 0.717) is 31.0 Å². The van der Waals surface area contributed by atoms with E-state index in [9.17, 15) is 24.6 Å². The quantitative estimate of drug-likeness (QED) is 0.236. The molecule has 220 valence electrons. The zero-order valence-corrected chi connectivity index (χ0v) is 26.0. The Morgan fingerprint density at radius 1 is 1.20 bits per heavy atom. The van der Waals surface area contributed by atoms with Gasteiger partial charge in [0.25, 0.3) is 0 Å². The predicted octanol–water partition coefficient (Wildman–Crippen LogP) is 4.16. The van der Waals surface area contributed by atoms with E-state index in [4.69, 9.17) is 32.7 Å². The van der Waals surface area contributed by atoms with Crippen molar-refractivity contribution in [1.82, 2.24) is 10.2 Å². The molecule has 0 aromatic heterocycles. The summed E-state index contributed by atoms with van der Waals surface area (Å²) >= 11 is 14.4. The summed E-state index contributed by atoms with van der Waals surface area (Å²) in [4.78, 5) is 39.8. The summed E-state index contributed by atoms with van der Waals surface area (Å²) in [5.74, 6) is -0.168. The summed E-state index contributed by atoms with van der Waals surface area (Å²) in [5.41, 5.74) is 1.41. The Bertz CT molecular complexity index is 1330. The van der Waals surface area contributed by atoms with Crippen LogP contribution in [0.25, 0.3) is 0 Å². The fraction of sp³-hybridized carbons (Fsp3) is 0.414. The zero-order valence-electron chi connectivity index (χ0n) is 22.3. The van der Waals surface area contributed by atoms with Crippen molar-refractivity contribution in [2.75, 3.05) is 20.3 Å². The number of aliphatic hydroxyl groups is 2. The molecule has 41 heavy (non-hydrogen) atoms. The van der Waals surface area contributed by atoms with E-state index in [0.717, 1.165) is 24.8 Å². The minimum absolute atomic E-state index is 0.0434. The average Bonchev–Trinajstić information content (AvgIpc) is 2.93. The third kappa shape index (κ3) is 7.34. The Morgan fingerprint density at radius 3 is 2.56 bits per heavy atom. The zero-order chi connectivity index (χ0) is 29.7. The molecule has 12 heteroatoms. The maximum atomic E-state index is 13.8. The number of aliphatic hydroxyl groups excluding tert-OH is 2. The van der Waals surface area contributed by atoms with Crippen LogP contribution >= 0.6 is 45.8 Å². The van der Waals surface area contributed by atoms with E-state index in [1.54, 1.807) is 29.2 Å². The average molecular weight is 717 g/mol. The number of nitrogens with one attached hydrogen (secondary N) is 1. The van der Waals surface area contributed by atoms with Crippen LogP contribution in [-0.2, 0) is 16.1 Å². The lowest BCUT2D eigenvalue weighted by Crippen LogP contribution is -2.56. The SMILES string of the molecule is COc1cc(C=O)cc(I)c1O[C@H]1C=C(C(=O)NCCO)C[C@@H](N(Cc2ccc(Cl)c(Cl)c2)C(=O)C2CCC2)[C@@H]1O. The van der Waals surface area contributed by atoms with E-state index in [1.165, 1.54) is 19.3 Å². The van der Waals surface area contributed by atoms with Crippen molar-refractivity contribution in [2.45, 2.75) is 50.5 Å². The van der Waals surface area contributed by atoms with Crippen molar-refractivity contribution in [2.24, 2.45) is 5.92 Å². The van der Waals surface area contributed by atoms with Crippen molar-refractivity contribution in [3.8, 4) is 11.5 Å². The number of carbonyl (C=O) groups excluding carboxylic acids is 3. The Kier molecular flexibility index (Phi) is 10.9. The number of carbonyl (C=O) groups is 3. The normalized spacial score (nSPS) is 20.4. The Hall–Kier alpha value is -2.38. The van der Waals surface area contributed by atoms with Crippen LogP contribution in [0.1, 0.15) is 41.6 Å². The highest BCUT2D eigenvalue weighted by Gasteiger charge is 2.43. The van der Waals surface area contributed by atoms with Crippen LogP contribution in [0.15, 0.2) is 42.0 Å². The molecule has 0 bridgehead atoms. The molecular formula is C29H31Cl2IN2O7. The van der Waals surface area contributed by atoms with Gasteiger partial charge in [-0.1, -0.05) is 35.7 Å². The van der Waals surface area contributed by atoms with E-state index >= 15 is 0 Å². The third-order valence-electron chi connectivity index (χ3n) is 7.33. The molecule has 9 nitrogen and oxygen atoms in total. The Morgan fingerprint density at radius 2 is 1.95 bits per heavy atom. The molecule has 0 unspecified atom stereocenters. The first kappa shape index (κ1) is 31.6. The first-order valence-corrected chi connectivity index (χ1v) is 15.0. The van der Waals surface area contributed by atoms with Gasteiger partial charge < -0.3 is 29.9 Å².